The maximum Gasteiger partial charge on any atom is 0.0546 e. The number of fused-ring (bicyclic) bond motifs is 5. The average Bonchev–Trinajstić information content (AvgIpc) is 3.31. The summed E-state index contributed by atoms with van der Waals surface area (Å²) in [5.74, 6) is 0. The van der Waals surface area contributed by atoms with Crippen LogP contribution in [-0.4, -0.2) is 0 Å². The van der Waals surface area contributed by atoms with E-state index in [4.69, 9.17) is 0 Å². The Kier molecular flexibility index (Phi) is 10.4. The Bertz CT molecular complexity index is 3080. The summed E-state index contributed by atoms with van der Waals surface area (Å²) in [6.07, 6.45) is 0. The molecule has 0 aliphatic rings. The third-order valence-corrected chi connectivity index (χ3v) is 13.7. The molecule has 0 fully saturated rings. The van der Waals surface area contributed by atoms with E-state index in [9.17, 15) is 0 Å². The van der Waals surface area contributed by atoms with Gasteiger partial charge in [0.2, 0.25) is 0 Å². The Morgan fingerprint density at radius 1 is 0.219 bits per heavy atom. The quantitative estimate of drug-likeness (QED) is 0.141. The zero-order valence-corrected chi connectivity index (χ0v) is 38.2. The molecule has 0 amide bonds. The number of hydrogen-bond donors (Lipinski definition) is 0. The van der Waals surface area contributed by atoms with Crippen LogP contribution in [0.4, 0.5) is 34.1 Å². The zero-order chi connectivity index (χ0) is 44.2. The molecule has 0 bridgehead atoms. The molecule has 10 rings (SSSR count). The Morgan fingerprint density at radius 3 is 0.828 bits per heavy atom. The van der Waals surface area contributed by atoms with Gasteiger partial charge in [-0.05, 0) is 216 Å². The SMILES string of the molecule is Cc1ccc(N(c2ccc(C)c(C)c2)c2cc3c4ccc(-c5ccccc5)cc4c(N(c4ccc(C)c(C)c4)c4ccc(C)c(C)c4)cc3c3ccc(-c4ccccc4)cc23)cc1C. The van der Waals surface area contributed by atoms with Crippen LogP contribution in [0.2, 0.25) is 0 Å². The first-order chi connectivity index (χ1) is 31.0. The summed E-state index contributed by atoms with van der Waals surface area (Å²) in [5, 5.41) is 7.23. The number of benzene rings is 10. The molecule has 64 heavy (non-hydrogen) atoms. The lowest BCUT2D eigenvalue weighted by molar-refractivity contribution is 1.24. The van der Waals surface area contributed by atoms with Crippen molar-refractivity contribution in [3.05, 3.63) is 226 Å². The molecule has 10 aromatic carbocycles. The van der Waals surface area contributed by atoms with Gasteiger partial charge in [-0.25, -0.2) is 0 Å². The molecule has 0 saturated carbocycles. The fourth-order valence-corrected chi connectivity index (χ4v) is 9.32. The number of hydrogen-bond acceptors (Lipinski definition) is 2. The standard InChI is InChI=1S/C62H54N2/c1-39-19-25-51(31-43(39)5)63(52-26-20-40(2)44(6)32-52)61-37-57-56-30-24-50(48-17-13-10-14-18-48)36-60(56)62(38-58(57)55-29-23-49(35-59(55)61)47-15-11-9-12-16-47)64(53-27-21-41(3)45(7)33-53)54-28-22-42(4)46(8)34-54/h9-38H,1-8H3. The van der Waals surface area contributed by atoms with Gasteiger partial charge in [0.1, 0.15) is 0 Å². The number of aryl methyl sites for hydroxylation is 8. The summed E-state index contributed by atoms with van der Waals surface area (Å²) in [6.45, 7) is 17.7. The molecule has 0 aromatic heterocycles. The molecule has 0 saturated heterocycles. The fraction of sp³-hybridized carbons (Fsp3) is 0.129. The van der Waals surface area contributed by atoms with Crippen molar-refractivity contribution >= 4 is 66.4 Å². The van der Waals surface area contributed by atoms with Crippen molar-refractivity contribution in [2.45, 2.75) is 55.4 Å². The minimum Gasteiger partial charge on any atom is -0.310 e. The van der Waals surface area contributed by atoms with Crippen LogP contribution in [0, 0.1) is 55.4 Å². The molecule has 0 radical (unpaired) electrons. The maximum absolute atomic E-state index is 2.49. The highest BCUT2D eigenvalue weighted by Crippen LogP contribution is 2.49. The van der Waals surface area contributed by atoms with Gasteiger partial charge in [0.25, 0.3) is 0 Å². The van der Waals surface area contributed by atoms with Gasteiger partial charge in [-0.3, -0.25) is 0 Å². The first kappa shape index (κ1) is 40.6. The lowest BCUT2D eigenvalue weighted by Gasteiger charge is -2.31. The molecule has 0 aliphatic carbocycles. The molecule has 0 N–H and O–H groups in total. The van der Waals surface area contributed by atoms with Crippen molar-refractivity contribution in [2.24, 2.45) is 0 Å². The van der Waals surface area contributed by atoms with Crippen molar-refractivity contribution in [2.75, 3.05) is 9.80 Å². The van der Waals surface area contributed by atoms with Crippen molar-refractivity contribution < 1.29 is 0 Å². The van der Waals surface area contributed by atoms with E-state index < -0.39 is 0 Å². The van der Waals surface area contributed by atoms with E-state index in [0.717, 1.165) is 34.1 Å². The average molecular weight is 827 g/mol. The van der Waals surface area contributed by atoms with Crippen LogP contribution in [0.5, 0.6) is 0 Å². The zero-order valence-electron chi connectivity index (χ0n) is 38.2. The molecule has 0 unspecified atom stereocenters. The second-order valence-corrected chi connectivity index (χ2v) is 17.9. The van der Waals surface area contributed by atoms with E-state index in [1.165, 1.54) is 99.1 Å². The molecular weight excluding hydrogens is 773 g/mol. The Balaban J connectivity index is 1.37. The molecule has 0 spiro atoms. The Labute approximate surface area is 378 Å². The lowest BCUT2D eigenvalue weighted by atomic mass is 9.90. The third kappa shape index (κ3) is 7.29. The fourth-order valence-electron chi connectivity index (χ4n) is 9.32. The molecular formula is C62H54N2. The highest BCUT2D eigenvalue weighted by Gasteiger charge is 2.24. The van der Waals surface area contributed by atoms with Crippen LogP contribution < -0.4 is 9.80 Å². The van der Waals surface area contributed by atoms with Crippen LogP contribution in [0.1, 0.15) is 44.5 Å². The van der Waals surface area contributed by atoms with E-state index in [-0.39, 0.29) is 0 Å². The van der Waals surface area contributed by atoms with Crippen molar-refractivity contribution in [3.63, 3.8) is 0 Å². The van der Waals surface area contributed by atoms with Crippen molar-refractivity contribution in [3.8, 4) is 22.3 Å². The van der Waals surface area contributed by atoms with Gasteiger partial charge in [0, 0.05) is 33.5 Å². The maximum atomic E-state index is 2.49. The normalized spacial score (nSPS) is 11.4. The molecule has 312 valence electrons. The molecule has 0 atom stereocenters. The van der Waals surface area contributed by atoms with Gasteiger partial charge in [0.05, 0.1) is 11.4 Å². The third-order valence-electron chi connectivity index (χ3n) is 13.7. The van der Waals surface area contributed by atoms with E-state index in [2.05, 4.69) is 247 Å². The lowest BCUT2D eigenvalue weighted by Crippen LogP contribution is -2.13. The van der Waals surface area contributed by atoms with Crippen LogP contribution in [0.3, 0.4) is 0 Å². The Hall–Kier alpha value is -7.42. The van der Waals surface area contributed by atoms with Gasteiger partial charge in [-0.2, -0.15) is 0 Å². The van der Waals surface area contributed by atoms with E-state index in [1.54, 1.807) is 0 Å². The second kappa shape index (κ2) is 16.4. The number of anilines is 6. The largest absolute Gasteiger partial charge is 0.310 e. The number of nitrogens with zero attached hydrogens (tertiary/aromatic N) is 2. The van der Waals surface area contributed by atoms with Crippen molar-refractivity contribution in [1.29, 1.82) is 0 Å². The van der Waals surface area contributed by atoms with Gasteiger partial charge in [0.15, 0.2) is 0 Å². The van der Waals surface area contributed by atoms with E-state index >= 15 is 0 Å². The molecule has 0 heterocycles. The molecule has 10 aromatic rings. The minimum absolute atomic E-state index is 1.14. The minimum atomic E-state index is 1.14. The van der Waals surface area contributed by atoms with Gasteiger partial charge in [-0.15, -0.1) is 0 Å². The number of rotatable bonds is 8. The monoisotopic (exact) mass is 826 g/mol. The van der Waals surface area contributed by atoms with Gasteiger partial charge < -0.3 is 9.80 Å². The summed E-state index contributed by atoms with van der Waals surface area (Å²) in [7, 11) is 0. The second-order valence-electron chi connectivity index (χ2n) is 17.9. The van der Waals surface area contributed by atoms with Crippen LogP contribution in [0.25, 0.3) is 54.6 Å². The van der Waals surface area contributed by atoms with Gasteiger partial charge in [-0.1, -0.05) is 109 Å². The summed E-state index contributed by atoms with van der Waals surface area (Å²) in [4.78, 5) is 4.98. The van der Waals surface area contributed by atoms with Crippen molar-refractivity contribution in [1.82, 2.24) is 0 Å². The summed E-state index contributed by atoms with van der Waals surface area (Å²) in [6, 6.07) is 68.3. The van der Waals surface area contributed by atoms with E-state index in [0.29, 0.717) is 0 Å². The van der Waals surface area contributed by atoms with Crippen LogP contribution >= 0.6 is 0 Å². The summed E-state index contributed by atoms with van der Waals surface area (Å²) >= 11 is 0. The predicted molar refractivity (Wildman–Crippen MR) is 277 cm³/mol. The highest BCUT2D eigenvalue weighted by atomic mass is 15.2. The van der Waals surface area contributed by atoms with Crippen LogP contribution in [-0.2, 0) is 0 Å². The van der Waals surface area contributed by atoms with Gasteiger partial charge >= 0.3 is 0 Å². The van der Waals surface area contributed by atoms with E-state index in [1.807, 2.05) is 0 Å². The first-order valence-electron chi connectivity index (χ1n) is 22.5. The molecule has 2 nitrogen and oxygen atoms in total. The molecule has 0 aliphatic heterocycles. The van der Waals surface area contributed by atoms with Crippen LogP contribution in [0.15, 0.2) is 182 Å². The highest BCUT2D eigenvalue weighted by molar-refractivity contribution is 6.25. The smallest absolute Gasteiger partial charge is 0.0546 e. The first-order valence-corrected chi connectivity index (χ1v) is 22.5. The predicted octanol–water partition coefficient (Wildman–Crippen LogP) is 17.9. The topological polar surface area (TPSA) is 6.48 Å². The Morgan fingerprint density at radius 2 is 0.531 bits per heavy atom. The summed E-state index contributed by atoms with van der Waals surface area (Å²) in [5.41, 5.74) is 21.8. The molecule has 2 heteroatoms. The summed E-state index contributed by atoms with van der Waals surface area (Å²) < 4.78 is 0.